The van der Waals surface area contributed by atoms with Gasteiger partial charge in [0.2, 0.25) is 0 Å². The van der Waals surface area contributed by atoms with E-state index in [1.54, 1.807) is 0 Å². The molecule has 1 rings (SSSR count). The average Bonchev–Trinajstić information content (AvgIpc) is 2.30. The Morgan fingerprint density at radius 3 is 2.33 bits per heavy atom. The molecule has 0 aromatic rings. The van der Waals surface area contributed by atoms with Gasteiger partial charge in [0.05, 0.1) is 11.8 Å². The highest BCUT2D eigenvalue weighted by atomic mass is 19.4. The standard InChI is InChI=1S/C6H8F3NO2/c7-6(8,9)4-2-10-1-3(4)5(11)12/h3-4,10H,1-2H2,(H,11,12). The van der Waals surface area contributed by atoms with Crippen LogP contribution in [0.25, 0.3) is 0 Å². The first-order valence-corrected chi connectivity index (χ1v) is 3.43. The van der Waals surface area contributed by atoms with Crippen LogP contribution in [0.4, 0.5) is 13.2 Å². The lowest BCUT2D eigenvalue weighted by atomic mass is 9.96. The van der Waals surface area contributed by atoms with Crippen molar-refractivity contribution < 1.29 is 23.1 Å². The molecule has 0 radical (unpaired) electrons. The van der Waals surface area contributed by atoms with Gasteiger partial charge in [-0.25, -0.2) is 0 Å². The second-order valence-corrected chi connectivity index (χ2v) is 2.75. The van der Waals surface area contributed by atoms with E-state index in [4.69, 9.17) is 5.11 Å². The molecule has 70 valence electrons. The third kappa shape index (κ3) is 1.69. The first-order chi connectivity index (χ1) is 5.43. The predicted octanol–water partition coefficient (Wildman–Crippen LogP) is 0.469. The molecule has 0 saturated carbocycles. The van der Waals surface area contributed by atoms with Gasteiger partial charge in [-0.2, -0.15) is 13.2 Å². The van der Waals surface area contributed by atoms with Crippen molar-refractivity contribution in [1.29, 1.82) is 0 Å². The maximum Gasteiger partial charge on any atom is 0.393 e. The first kappa shape index (κ1) is 9.31. The predicted molar refractivity (Wildman–Crippen MR) is 33.5 cm³/mol. The molecule has 0 aromatic carbocycles. The van der Waals surface area contributed by atoms with Crippen molar-refractivity contribution in [1.82, 2.24) is 5.32 Å². The summed E-state index contributed by atoms with van der Waals surface area (Å²) in [5, 5.41) is 10.8. The maximum atomic E-state index is 12.1. The van der Waals surface area contributed by atoms with E-state index < -0.39 is 24.0 Å². The Kier molecular flexibility index (Phi) is 2.27. The number of halogens is 3. The monoisotopic (exact) mass is 183 g/mol. The number of carboxylic acid groups (broad SMARTS) is 1. The first-order valence-electron chi connectivity index (χ1n) is 3.43. The fraction of sp³-hybridized carbons (Fsp3) is 0.833. The van der Waals surface area contributed by atoms with Gasteiger partial charge in [-0.15, -0.1) is 0 Å². The molecular formula is C6H8F3NO2. The number of alkyl halides is 3. The Labute approximate surface area is 66.6 Å². The highest BCUT2D eigenvalue weighted by Crippen LogP contribution is 2.34. The van der Waals surface area contributed by atoms with Crippen LogP contribution in [0.1, 0.15) is 0 Å². The molecule has 2 unspecified atom stereocenters. The molecule has 6 heteroatoms. The molecule has 0 amide bonds. The van der Waals surface area contributed by atoms with Gasteiger partial charge in [0.25, 0.3) is 0 Å². The lowest BCUT2D eigenvalue weighted by Crippen LogP contribution is -2.33. The largest absolute Gasteiger partial charge is 0.481 e. The highest BCUT2D eigenvalue weighted by Gasteiger charge is 2.49. The summed E-state index contributed by atoms with van der Waals surface area (Å²) in [5.41, 5.74) is 0. The molecule has 1 aliphatic heterocycles. The van der Waals surface area contributed by atoms with Crippen molar-refractivity contribution in [3.63, 3.8) is 0 Å². The van der Waals surface area contributed by atoms with E-state index >= 15 is 0 Å². The molecule has 2 N–H and O–H groups in total. The third-order valence-electron chi connectivity index (χ3n) is 1.95. The van der Waals surface area contributed by atoms with Crippen molar-refractivity contribution in [2.45, 2.75) is 6.18 Å². The minimum Gasteiger partial charge on any atom is -0.481 e. The molecule has 12 heavy (non-hydrogen) atoms. The Bertz CT molecular complexity index is 192. The van der Waals surface area contributed by atoms with E-state index in [1.165, 1.54) is 0 Å². The third-order valence-corrected chi connectivity index (χ3v) is 1.95. The van der Waals surface area contributed by atoms with Gasteiger partial charge in [0, 0.05) is 13.1 Å². The van der Waals surface area contributed by atoms with E-state index in [9.17, 15) is 18.0 Å². The van der Waals surface area contributed by atoms with Gasteiger partial charge in [-0.05, 0) is 0 Å². The van der Waals surface area contributed by atoms with Crippen LogP contribution in [-0.4, -0.2) is 30.3 Å². The van der Waals surface area contributed by atoms with E-state index in [2.05, 4.69) is 5.32 Å². The summed E-state index contributed by atoms with van der Waals surface area (Å²) in [6.07, 6.45) is -4.41. The summed E-state index contributed by atoms with van der Waals surface area (Å²) in [5.74, 6) is -4.46. The van der Waals surface area contributed by atoms with Gasteiger partial charge in [0.15, 0.2) is 0 Å². The lowest BCUT2D eigenvalue weighted by molar-refractivity contribution is -0.187. The van der Waals surface area contributed by atoms with Crippen molar-refractivity contribution >= 4 is 5.97 Å². The van der Waals surface area contributed by atoms with Crippen LogP contribution in [0.15, 0.2) is 0 Å². The molecule has 0 aliphatic carbocycles. The van der Waals surface area contributed by atoms with E-state index in [0.717, 1.165) is 0 Å². The normalized spacial score (nSPS) is 30.6. The quantitative estimate of drug-likeness (QED) is 0.621. The topological polar surface area (TPSA) is 49.3 Å². The van der Waals surface area contributed by atoms with E-state index in [1.807, 2.05) is 0 Å². The van der Waals surface area contributed by atoms with Gasteiger partial charge >= 0.3 is 12.1 Å². The minimum atomic E-state index is -4.41. The summed E-state index contributed by atoms with van der Waals surface area (Å²) in [6, 6.07) is 0. The second kappa shape index (κ2) is 2.93. The lowest BCUT2D eigenvalue weighted by Gasteiger charge is -2.17. The van der Waals surface area contributed by atoms with E-state index in [0.29, 0.717) is 0 Å². The SMILES string of the molecule is O=C(O)C1CNCC1C(F)(F)F. The molecule has 0 aromatic heterocycles. The number of carbonyl (C=O) groups is 1. The zero-order valence-corrected chi connectivity index (χ0v) is 6.06. The van der Waals surface area contributed by atoms with Crippen LogP contribution < -0.4 is 5.32 Å². The number of carboxylic acids is 1. The van der Waals surface area contributed by atoms with Gasteiger partial charge in [-0.1, -0.05) is 0 Å². The van der Waals surface area contributed by atoms with Crippen LogP contribution in [0.5, 0.6) is 0 Å². The minimum absolute atomic E-state index is 0.0977. The molecule has 0 spiro atoms. The number of hydrogen-bond acceptors (Lipinski definition) is 2. The number of hydrogen-bond donors (Lipinski definition) is 2. The van der Waals surface area contributed by atoms with Crippen LogP contribution in [-0.2, 0) is 4.79 Å². The fourth-order valence-corrected chi connectivity index (χ4v) is 1.28. The Morgan fingerprint density at radius 1 is 1.42 bits per heavy atom. The summed E-state index contributed by atoms with van der Waals surface area (Å²) in [7, 11) is 0. The summed E-state index contributed by atoms with van der Waals surface area (Å²) >= 11 is 0. The van der Waals surface area contributed by atoms with Crippen molar-refractivity contribution in [2.24, 2.45) is 11.8 Å². The number of nitrogens with one attached hydrogen (secondary N) is 1. The smallest absolute Gasteiger partial charge is 0.393 e. The zero-order valence-electron chi connectivity index (χ0n) is 6.06. The summed E-state index contributed by atoms with van der Waals surface area (Å²) in [4.78, 5) is 10.3. The van der Waals surface area contributed by atoms with Gasteiger partial charge in [0.1, 0.15) is 0 Å². The number of aliphatic carboxylic acids is 1. The maximum absolute atomic E-state index is 12.1. The highest BCUT2D eigenvalue weighted by molar-refractivity contribution is 5.71. The molecule has 1 saturated heterocycles. The summed E-state index contributed by atoms with van der Waals surface area (Å²) < 4.78 is 36.2. The molecule has 1 aliphatic rings. The second-order valence-electron chi connectivity index (χ2n) is 2.75. The van der Waals surface area contributed by atoms with Crippen LogP contribution in [0.3, 0.4) is 0 Å². The van der Waals surface area contributed by atoms with E-state index in [-0.39, 0.29) is 13.1 Å². The molecule has 2 atom stereocenters. The zero-order chi connectivity index (χ0) is 9.35. The summed E-state index contributed by atoms with van der Waals surface area (Å²) in [6.45, 7) is -0.389. The van der Waals surface area contributed by atoms with Crippen molar-refractivity contribution in [3.05, 3.63) is 0 Å². The van der Waals surface area contributed by atoms with Crippen molar-refractivity contribution in [2.75, 3.05) is 13.1 Å². The van der Waals surface area contributed by atoms with Crippen LogP contribution in [0.2, 0.25) is 0 Å². The molecular weight excluding hydrogens is 175 g/mol. The van der Waals surface area contributed by atoms with Crippen LogP contribution in [0, 0.1) is 11.8 Å². The molecule has 0 bridgehead atoms. The molecule has 3 nitrogen and oxygen atoms in total. The van der Waals surface area contributed by atoms with Gasteiger partial charge in [-0.3, -0.25) is 4.79 Å². The van der Waals surface area contributed by atoms with Gasteiger partial charge < -0.3 is 10.4 Å². The Balaban J connectivity index is 2.71. The van der Waals surface area contributed by atoms with Crippen LogP contribution >= 0.6 is 0 Å². The Morgan fingerprint density at radius 2 is 2.00 bits per heavy atom. The average molecular weight is 183 g/mol. The fourth-order valence-electron chi connectivity index (χ4n) is 1.28. The number of rotatable bonds is 1. The van der Waals surface area contributed by atoms with Crippen molar-refractivity contribution in [3.8, 4) is 0 Å². The molecule has 1 fully saturated rings. The Hall–Kier alpha value is -0.780. The molecule has 1 heterocycles.